The van der Waals surface area contributed by atoms with Gasteiger partial charge in [0, 0.05) is 6.54 Å². The van der Waals surface area contributed by atoms with Gasteiger partial charge in [-0.15, -0.1) is 0 Å². The van der Waals surface area contributed by atoms with E-state index in [-0.39, 0.29) is 6.09 Å². The third-order valence-electron chi connectivity index (χ3n) is 5.17. The Morgan fingerprint density at radius 2 is 1.58 bits per heavy atom. The SMILES string of the molecule is CC(C)(C)OC(=O)NCC12CC3CC(CC(C3)C1)C2. The highest BCUT2D eigenvalue weighted by Crippen LogP contribution is 2.59. The molecule has 19 heavy (non-hydrogen) atoms. The van der Waals surface area contributed by atoms with Crippen LogP contribution >= 0.6 is 0 Å². The van der Waals surface area contributed by atoms with E-state index in [0.29, 0.717) is 5.41 Å². The number of ether oxygens (including phenoxy) is 1. The first-order valence-corrected chi connectivity index (χ1v) is 7.80. The molecule has 3 heteroatoms. The Kier molecular flexibility index (Phi) is 3.06. The number of carbonyl (C=O) groups is 1. The Hall–Kier alpha value is -0.730. The Balaban J connectivity index is 1.57. The summed E-state index contributed by atoms with van der Waals surface area (Å²) in [6, 6.07) is 0. The van der Waals surface area contributed by atoms with Gasteiger partial charge in [-0.25, -0.2) is 4.79 Å². The van der Waals surface area contributed by atoms with Gasteiger partial charge in [0.05, 0.1) is 0 Å². The molecule has 4 saturated carbocycles. The zero-order chi connectivity index (χ0) is 13.7. The molecule has 0 heterocycles. The average molecular weight is 265 g/mol. The maximum absolute atomic E-state index is 11.8. The maximum Gasteiger partial charge on any atom is 0.407 e. The summed E-state index contributed by atoms with van der Waals surface area (Å²) >= 11 is 0. The zero-order valence-electron chi connectivity index (χ0n) is 12.5. The summed E-state index contributed by atoms with van der Waals surface area (Å²) in [6.07, 6.45) is 8.09. The highest BCUT2D eigenvalue weighted by atomic mass is 16.6. The standard InChI is InChI=1S/C16H27NO2/c1-15(2,3)19-14(18)17-10-16-7-11-4-12(8-16)6-13(5-11)9-16/h11-13H,4-10H2,1-3H3,(H,17,18). The minimum atomic E-state index is -0.397. The molecule has 1 N–H and O–H groups in total. The Morgan fingerprint density at radius 1 is 1.11 bits per heavy atom. The van der Waals surface area contributed by atoms with Crippen molar-refractivity contribution < 1.29 is 9.53 Å². The van der Waals surface area contributed by atoms with E-state index in [1.54, 1.807) is 0 Å². The summed E-state index contributed by atoms with van der Waals surface area (Å²) in [5.74, 6) is 2.81. The molecule has 0 aromatic carbocycles. The van der Waals surface area contributed by atoms with Gasteiger partial charge in [0.2, 0.25) is 0 Å². The van der Waals surface area contributed by atoms with Crippen LogP contribution in [-0.4, -0.2) is 18.2 Å². The summed E-state index contributed by atoms with van der Waals surface area (Å²) in [5.41, 5.74) is -0.00277. The van der Waals surface area contributed by atoms with Gasteiger partial charge < -0.3 is 10.1 Å². The minimum absolute atomic E-state index is 0.247. The van der Waals surface area contributed by atoms with Gasteiger partial charge in [-0.1, -0.05) is 0 Å². The summed E-state index contributed by atoms with van der Waals surface area (Å²) in [4.78, 5) is 11.8. The molecule has 0 saturated heterocycles. The third-order valence-corrected chi connectivity index (χ3v) is 5.17. The summed E-state index contributed by atoms with van der Waals surface area (Å²) in [6.45, 7) is 6.57. The first-order chi connectivity index (χ1) is 8.84. The topological polar surface area (TPSA) is 38.3 Å². The highest BCUT2D eigenvalue weighted by Gasteiger charge is 2.50. The first kappa shape index (κ1) is 13.3. The van der Waals surface area contributed by atoms with E-state index in [4.69, 9.17) is 4.74 Å². The third kappa shape index (κ3) is 2.90. The quantitative estimate of drug-likeness (QED) is 0.826. The van der Waals surface area contributed by atoms with Gasteiger partial charge in [-0.2, -0.15) is 0 Å². The molecule has 0 unspecified atom stereocenters. The highest BCUT2D eigenvalue weighted by molar-refractivity contribution is 5.67. The number of hydrogen-bond donors (Lipinski definition) is 1. The predicted molar refractivity (Wildman–Crippen MR) is 74.8 cm³/mol. The molecule has 4 aliphatic carbocycles. The molecule has 3 nitrogen and oxygen atoms in total. The van der Waals surface area contributed by atoms with Crippen molar-refractivity contribution in [3.8, 4) is 0 Å². The summed E-state index contributed by atoms with van der Waals surface area (Å²) in [5, 5.41) is 3.04. The predicted octanol–water partition coefficient (Wildman–Crippen LogP) is 3.73. The summed E-state index contributed by atoms with van der Waals surface area (Å²) < 4.78 is 5.35. The van der Waals surface area contributed by atoms with E-state index >= 15 is 0 Å². The number of amides is 1. The average Bonchev–Trinajstić information content (AvgIpc) is 2.22. The number of rotatable bonds is 2. The van der Waals surface area contributed by atoms with Gasteiger partial charge in [-0.05, 0) is 82.5 Å². The van der Waals surface area contributed by atoms with E-state index in [2.05, 4.69) is 5.32 Å². The lowest BCUT2D eigenvalue weighted by Gasteiger charge is -2.56. The Morgan fingerprint density at radius 3 is 2.00 bits per heavy atom. The molecule has 0 radical (unpaired) electrons. The lowest BCUT2D eigenvalue weighted by atomic mass is 9.49. The van der Waals surface area contributed by atoms with E-state index in [1.807, 2.05) is 20.8 Å². The molecule has 4 bridgehead atoms. The van der Waals surface area contributed by atoms with Crippen molar-refractivity contribution in [3.05, 3.63) is 0 Å². The van der Waals surface area contributed by atoms with Gasteiger partial charge in [0.15, 0.2) is 0 Å². The Bertz CT molecular complexity index is 334. The molecule has 0 aliphatic heterocycles. The van der Waals surface area contributed by atoms with Crippen LogP contribution in [0.15, 0.2) is 0 Å². The van der Waals surface area contributed by atoms with Crippen LogP contribution in [0, 0.1) is 23.2 Å². The van der Waals surface area contributed by atoms with Crippen molar-refractivity contribution in [3.63, 3.8) is 0 Å². The van der Waals surface area contributed by atoms with Crippen LogP contribution in [0.3, 0.4) is 0 Å². The lowest BCUT2D eigenvalue weighted by molar-refractivity contribution is -0.0521. The monoisotopic (exact) mass is 265 g/mol. The second-order valence-corrected chi connectivity index (χ2v) is 8.27. The second-order valence-electron chi connectivity index (χ2n) is 8.27. The van der Waals surface area contributed by atoms with Gasteiger partial charge in [0.25, 0.3) is 0 Å². The fourth-order valence-electron chi connectivity index (χ4n) is 5.08. The van der Waals surface area contributed by atoms with Crippen molar-refractivity contribution in [1.82, 2.24) is 5.32 Å². The second kappa shape index (κ2) is 4.39. The number of nitrogens with one attached hydrogen (secondary N) is 1. The summed E-state index contributed by atoms with van der Waals surface area (Å²) in [7, 11) is 0. The van der Waals surface area contributed by atoms with E-state index in [0.717, 1.165) is 24.3 Å². The minimum Gasteiger partial charge on any atom is -0.444 e. The van der Waals surface area contributed by atoms with E-state index < -0.39 is 5.60 Å². The van der Waals surface area contributed by atoms with Crippen molar-refractivity contribution >= 4 is 6.09 Å². The normalized spacial score (nSPS) is 40.3. The molecule has 0 aromatic heterocycles. The van der Waals surface area contributed by atoms with Crippen molar-refractivity contribution in [2.24, 2.45) is 23.2 Å². The van der Waals surface area contributed by atoms with E-state index in [9.17, 15) is 4.79 Å². The lowest BCUT2D eigenvalue weighted by Crippen LogP contribution is -2.51. The molecule has 108 valence electrons. The maximum atomic E-state index is 11.8. The fourth-order valence-corrected chi connectivity index (χ4v) is 5.08. The van der Waals surface area contributed by atoms with Crippen LogP contribution in [0.1, 0.15) is 59.3 Å². The van der Waals surface area contributed by atoms with E-state index in [1.165, 1.54) is 38.5 Å². The van der Waals surface area contributed by atoms with Crippen molar-refractivity contribution in [2.45, 2.75) is 64.9 Å². The van der Waals surface area contributed by atoms with Crippen LogP contribution in [0.5, 0.6) is 0 Å². The molecule has 4 rings (SSSR count). The van der Waals surface area contributed by atoms with Crippen molar-refractivity contribution in [2.75, 3.05) is 6.54 Å². The smallest absolute Gasteiger partial charge is 0.407 e. The molecular formula is C16H27NO2. The molecule has 4 aliphatic rings. The first-order valence-electron chi connectivity index (χ1n) is 7.80. The largest absolute Gasteiger partial charge is 0.444 e. The number of hydrogen-bond acceptors (Lipinski definition) is 2. The molecule has 1 amide bonds. The number of alkyl carbamates (subject to hydrolysis) is 1. The molecule has 0 spiro atoms. The van der Waals surface area contributed by atoms with Crippen LogP contribution in [-0.2, 0) is 4.74 Å². The molecule has 0 atom stereocenters. The van der Waals surface area contributed by atoms with Crippen LogP contribution in [0.25, 0.3) is 0 Å². The van der Waals surface area contributed by atoms with Crippen LogP contribution in [0.4, 0.5) is 4.79 Å². The van der Waals surface area contributed by atoms with Gasteiger partial charge in [0.1, 0.15) is 5.60 Å². The van der Waals surface area contributed by atoms with Crippen LogP contribution < -0.4 is 5.32 Å². The molecular weight excluding hydrogens is 238 g/mol. The van der Waals surface area contributed by atoms with Gasteiger partial charge >= 0.3 is 6.09 Å². The molecule has 0 aromatic rings. The molecule has 4 fully saturated rings. The van der Waals surface area contributed by atoms with Crippen LogP contribution in [0.2, 0.25) is 0 Å². The van der Waals surface area contributed by atoms with Crippen molar-refractivity contribution in [1.29, 1.82) is 0 Å². The fraction of sp³-hybridized carbons (Fsp3) is 0.938. The number of carbonyl (C=O) groups excluding carboxylic acids is 1. The Labute approximate surface area is 116 Å². The zero-order valence-corrected chi connectivity index (χ0v) is 12.5. The van der Waals surface area contributed by atoms with Gasteiger partial charge in [-0.3, -0.25) is 0 Å².